The minimum atomic E-state index is -0.860. The van der Waals surface area contributed by atoms with Gasteiger partial charge in [-0.05, 0) is 12.8 Å². The number of aliphatic carboxylic acids is 1. The van der Waals surface area contributed by atoms with Crippen molar-refractivity contribution in [2.24, 2.45) is 0 Å². The Morgan fingerprint density at radius 2 is 1.92 bits per heavy atom. The van der Waals surface area contributed by atoms with Crippen LogP contribution in [0.5, 0.6) is 0 Å². The molecule has 0 rings (SSSR count). The Hall–Kier alpha value is 0.470. The zero-order valence-electron chi connectivity index (χ0n) is 7.10. The molecule has 0 aliphatic carbocycles. The fourth-order valence-corrected chi connectivity index (χ4v) is 0.872. The first-order valence-electron chi connectivity index (χ1n) is 4.09. The van der Waals surface area contributed by atoms with Gasteiger partial charge in [0.2, 0.25) is 0 Å². The molecule has 12 heavy (non-hydrogen) atoms. The van der Waals surface area contributed by atoms with Crippen molar-refractivity contribution >= 4 is 43.7 Å². The van der Waals surface area contributed by atoms with Gasteiger partial charge < -0.3 is 5.11 Å². The summed E-state index contributed by atoms with van der Waals surface area (Å²) in [6.45, 7) is 5.58. The third kappa shape index (κ3) is 8.57. The van der Waals surface area contributed by atoms with Gasteiger partial charge in [0.25, 0.3) is 0 Å². The monoisotopic (exact) mass is 198 g/mol. The van der Waals surface area contributed by atoms with Gasteiger partial charge in [-0.15, -0.1) is 0 Å². The van der Waals surface area contributed by atoms with Gasteiger partial charge in [0.1, 0.15) is 0 Å². The second kappa shape index (κ2) is 9.56. The summed E-state index contributed by atoms with van der Waals surface area (Å²) in [6, 6.07) is 0. The van der Waals surface area contributed by atoms with Crippen molar-refractivity contribution in [2.75, 3.05) is 0 Å². The van der Waals surface area contributed by atoms with Gasteiger partial charge in [-0.3, -0.25) is 0 Å². The first-order chi connectivity index (χ1) is 5.18. The van der Waals surface area contributed by atoms with E-state index in [1.54, 1.807) is 0 Å². The van der Waals surface area contributed by atoms with Crippen LogP contribution in [-0.2, 0) is 4.79 Å². The maximum atomic E-state index is 10.3. The quantitative estimate of drug-likeness (QED) is 0.400. The van der Waals surface area contributed by atoms with Crippen molar-refractivity contribution in [2.45, 2.75) is 39.0 Å². The number of carbonyl (C=O) groups is 1. The molecule has 0 aliphatic heterocycles. The number of hydrogen-bond donors (Lipinski definition) is 1. The first kappa shape index (κ1) is 15.0. The number of unbranched alkanes of at least 4 members (excludes halogenated alkanes) is 3. The van der Waals surface area contributed by atoms with E-state index in [9.17, 15) is 4.79 Å². The van der Waals surface area contributed by atoms with Crippen molar-refractivity contribution in [1.82, 2.24) is 0 Å². The van der Waals surface area contributed by atoms with E-state index in [1.807, 2.05) is 0 Å². The van der Waals surface area contributed by atoms with Crippen LogP contribution < -0.4 is 0 Å². The Kier molecular flexibility index (Phi) is 11.9. The molecule has 0 fully saturated rings. The Morgan fingerprint density at radius 1 is 1.33 bits per heavy atom. The third-order valence-corrected chi connectivity index (χ3v) is 1.63. The van der Waals surface area contributed by atoms with Crippen molar-refractivity contribution in [3.05, 3.63) is 12.2 Å². The van der Waals surface area contributed by atoms with Gasteiger partial charge in [-0.1, -0.05) is 32.8 Å². The van der Waals surface area contributed by atoms with Crippen LogP contribution in [0.25, 0.3) is 0 Å². The summed E-state index contributed by atoms with van der Waals surface area (Å²) in [5, 5.41) is 8.44. The summed E-state index contributed by atoms with van der Waals surface area (Å²) in [6.07, 6.45) is 5.07. The van der Waals surface area contributed by atoms with E-state index >= 15 is 0 Å². The predicted molar refractivity (Wildman–Crippen MR) is 54.1 cm³/mol. The van der Waals surface area contributed by atoms with E-state index in [-0.39, 0.29) is 37.7 Å². The van der Waals surface area contributed by atoms with Gasteiger partial charge in [0, 0.05) is 5.57 Å². The van der Waals surface area contributed by atoms with Gasteiger partial charge >= 0.3 is 43.7 Å². The number of carboxylic acid groups (broad SMARTS) is 1. The van der Waals surface area contributed by atoms with Crippen LogP contribution in [0.15, 0.2) is 12.2 Å². The van der Waals surface area contributed by atoms with Crippen LogP contribution in [0.1, 0.15) is 39.0 Å². The molecule has 0 aromatic carbocycles. The molecule has 0 aliphatic rings. The molecule has 0 bridgehead atoms. The number of carboxylic acids is 1. The van der Waals surface area contributed by atoms with Crippen molar-refractivity contribution in [3.63, 3.8) is 0 Å². The average Bonchev–Trinajstić information content (AvgIpc) is 1.97. The predicted octanol–water partition coefficient (Wildman–Crippen LogP) is 1.68. The molecule has 68 valence electrons. The summed E-state index contributed by atoms with van der Waals surface area (Å²) in [5.41, 5.74) is 0.334. The van der Waals surface area contributed by atoms with Crippen LogP contribution in [0.4, 0.5) is 0 Å². The zero-order chi connectivity index (χ0) is 8.69. The topological polar surface area (TPSA) is 37.3 Å². The maximum absolute atomic E-state index is 10.3. The van der Waals surface area contributed by atoms with E-state index in [4.69, 9.17) is 5.11 Å². The fourth-order valence-electron chi connectivity index (χ4n) is 0.872. The van der Waals surface area contributed by atoms with Crippen LogP contribution in [-0.4, -0.2) is 48.8 Å². The molecule has 0 saturated carbocycles. The molecular formula is C9H18CaO2. The van der Waals surface area contributed by atoms with Gasteiger partial charge in [0.15, 0.2) is 0 Å². The van der Waals surface area contributed by atoms with Gasteiger partial charge in [-0.2, -0.15) is 0 Å². The molecule has 0 aromatic rings. The van der Waals surface area contributed by atoms with Crippen LogP contribution in [0.3, 0.4) is 0 Å². The molecule has 1 N–H and O–H groups in total. The van der Waals surface area contributed by atoms with Crippen LogP contribution in [0.2, 0.25) is 0 Å². The molecule has 3 heteroatoms. The van der Waals surface area contributed by atoms with Gasteiger partial charge in [0.05, 0.1) is 0 Å². The average molecular weight is 198 g/mol. The van der Waals surface area contributed by atoms with Crippen LogP contribution >= 0.6 is 0 Å². The summed E-state index contributed by atoms with van der Waals surface area (Å²) >= 11 is 0. The molecule has 0 radical (unpaired) electrons. The fraction of sp³-hybridized carbons (Fsp3) is 0.667. The van der Waals surface area contributed by atoms with Gasteiger partial charge in [-0.25, -0.2) is 4.79 Å². The summed E-state index contributed by atoms with van der Waals surface area (Å²) in [4.78, 5) is 10.3. The third-order valence-electron chi connectivity index (χ3n) is 1.63. The van der Waals surface area contributed by atoms with E-state index in [0.29, 0.717) is 12.0 Å². The molecule has 0 spiro atoms. The molecule has 0 amide bonds. The summed E-state index contributed by atoms with van der Waals surface area (Å²) < 4.78 is 0. The Labute approximate surface area is 104 Å². The molecule has 0 saturated heterocycles. The number of rotatable bonds is 6. The van der Waals surface area contributed by atoms with Crippen molar-refractivity contribution in [3.8, 4) is 0 Å². The second-order valence-corrected chi connectivity index (χ2v) is 2.72. The SMILES string of the molecule is C=C(CCCCCC)C(=O)O.[CaH2]. The van der Waals surface area contributed by atoms with E-state index in [2.05, 4.69) is 13.5 Å². The molecular weight excluding hydrogens is 180 g/mol. The standard InChI is InChI=1S/C9H16O2.Ca.2H/c1-3-4-5-6-7-8(2)9(10)11;;;/h2-7H2,1H3,(H,10,11);;;. The normalized spacial score (nSPS) is 8.75. The van der Waals surface area contributed by atoms with Crippen LogP contribution in [0, 0.1) is 0 Å². The number of hydrogen-bond acceptors (Lipinski definition) is 1. The van der Waals surface area contributed by atoms with E-state index in [0.717, 1.165) is 12.8 Å². The summed E-state index contributed by atoms with van der Waals surface area (Å²) in [7, 11) is 0. The van der Waals surface area contributed by atoms with E-state index in [1.165, 1.54) is 12.8 Å². The second-order valence-electron chi connectivity index (χ2n) is 2.72. The molecule has 0 atom stereocenters. The zero-order valence-corrected chi connectivity index (χ0v) is 7.10. The molecule has 0 aromatic heterocycles. The minimum absolute atomic E-state index is 0. The summed E-state index contributed by atoms with van der Waals surface area (Å²) in [5.74, 6) is -0.860. The first-order valence-corrected chi connectivity index (χ1v) is 4.09. The molecule has 0 unspecified atom stereocenters. The van der Waals surface area contributed by atoms with Crippen molar-refractivity contribution < 1.29 is 9.90 Å². The van der Waals surface area contributed by atoms with Crippen molar-refractivity contribution in [1.29, 1.82) is 0 Å². The van der Waals surface area contributed by atoms with E-state index < -0.39 is 5.97 Å². The Bertz CT molecular complexity index is 143. The molecule has 2 nitrogen and oxygen atoms in total. The Balaban J connectivity index is 0. The Morgan fingerprint density at radius 3 is 2.33 bits per heavy atom. The molecule has 0 heterocycles.